The molecule has 3 aromatic heterocycles. The topological polar surface area (TPSA) is 58.0 Å². The van der Waals surface area contributed by atoms with Crippen molar-refractivity contribution >= 4 is 38.6 Å². The summed E-state index contributed by atoms with van der Waals surface area (Å²) in [5.41, 5.74) is 0.780. The van der Waals surface area contributed by atoms with Gasteiger partial charge in [-0.25, -0.2) is 15.0 Å². The minimum Gasteiger partial charge on any atom is -0.353 e. The van der Waals surface area contributed by atoms with Gasteiger partial charge in [-0.1, -0.05) is 0 Å². The van der Waals surface area contributed by atoms with Gasteiger partial charge in [0.2, 0.25) is 0 Å². The van der Waals surface area contributed by atoms with E-state index >= 15 is 0 Å². The highest BCUT2D eigenvalue weighted by Gasteiger charge is 2.19. The molecule has 0 aromatic carbocycles. The molecular weight excluding hydrogens is 356 g/mol. The minimum atomic E-state index is 0.780. The number of aromatic nitrogens is 4. The molecule has 4 rings (SSSR count). The van der Waals surface area contributed by atoms with E-state index in [9.17, 15) is 0 Å². The Bertz CT molecular complexity index is 817. The predicted octanol–water partition coefficient (Wildman–Crippen LogP) is 2.51. The van der Waals surface area contributed by atoms with Crippen molar-refractivity contribution in [2.24, 2.45) is 0 Å². The van der Waals surface area contributed by atoms with E-state index in [4.69, 9.17) is 0 Å². The zero-order chi connectivity index (χ0) is 15.6. The van der Waals surface area contributed by atoms with Gasteiger partial charge in [0.15, 0.2) is 5.65 Å². The van der Waals surface area contributed by atoms with Gasteiger partial charge in [0.1, 0.15) is 11.6 Å². The fourth-order valence-electron chi connectivity index (χ4n) is 2.77. The first kappa shape index (κ1) is 14.3. The third-order valence-electron chi connectivity index (χ3n) is 3.97. The van der Waals surface area contributed by atoms with Gasteiger partial charge in [-0.05, 0) is 34.1 Å². The summed E-state index contributed by atoms with van der Waals surface area (Å²) < 4.78 is 0.970. The van der Waals surface area contributed by atoms with Crippen LogP contribution in [0, 0.1) is 0 Å². The van der Waals surface area contributed by atoms with Gasteiger partial charge in [-0.2, -0.15) is 0 Å². The summed E-state index contributed by atoms with van der Waals surface area (Å²) in [7, 11) is 0. The summed E-state index contributed by atoms with van der Waals surface area (Å²) in [6.07, 6.45) is 7.03. The van der Waals surface area contributed by atoms with Crippen molar-refractivity contribution in [1.29, 1.82) is 0 Å². The van der Waals surface area contributed by atoms with Crippen LogP contribution in [0.5, 0.6) is 0 Å². The number of anilines is 2. The number of hydrogen-bond acceptors (Lipinski definition) is 6. The number of halogens is 1. The third-order valence-corrected chi connectivity index (χ3v) is 4.41. The molecule has 0 bridgehead atoms. The number of rotatable bonds is 2. The van der Waals surface area contributed by atoms with E-state index in [1.54, 1.807) is 18.6 Å². The third kappa shape index (κ3) is 2.96. The highest BCUT2D eigenvalue weighted by atomic mass is 79.9. The lowest BCUT2D eigenvalue weighted by Gasteiger charge is -2.35. The molecule has 4 heterocycles. The van der Waals surface area contributed by atoms with E-state index in [0.29, 0.717) is 0 Å². The van der Waals surface area contributed by atoms with Gasteiger partial charge in [-0.15, -0.1) is 0 Å². The first-order valence-corrected chi connectivity index (χ1v) is 8.27. The molecule has 0 spiro atoms. The molecule has 0 saturated carbocycles. The van der Waals surface area contributed by atoms with Crippen LogP contribution >= 0.6 is 15.9 Å². The van der Waals surface area contributed by atoms with Crippen molar-refractivity contribution < 1.29 is 0 Å². The minimum absolute atomic E-state index is 0.780. The molecule has 0 unspecified atom stereocenters. The number of pyridine rings is 2. The van der Waals surface area contributed by atoms with Gasteiger partial charge in [0.25, 0.3) is 0 Å². The van der Waals surface area contributed by atoms with Gasteiger partial charge in [-0.3, -0.25) is 4.98 Å². The van der Waals surface area contributed by atoms with E-state index < -0.39 is 0 Å². The van der Waals surface area contributed by atoms with Gasteiger partial charge < -0.3 is 9.80 Å². The van der Waals surface area contributed by atoms with Crippen LogP contribution < -0.4 is 9.80 Å². The monoisotopic (exact) mass is 370 g/mol. The molecule has 116 valence electrons. The molecule has 0 amide bonds. The van der Waals surface area contributed by atoms with Crippen molar-refractivity contribution in [3.05, 3.63) is 47.5 Å². The summed E-state index contributed by atoms with van der Waals surface area (Å²) >= 11 is 3.44. The molecule has 1 aliphatic heterocycles. The first-order valence-electron chi connectivity index (χ1n) is 7.48. The van der Waals surface area contributed by atoms with E-state index in [1.165, 1.54) is 0 Å². The van der Waals surface area contributed by atoms with Crippen LogP contribution in [-0.2, 0) is 0 Å². The van der Waals surface area contributed by atoms with Crippen molar-refractivity contribution in [2.75, 3.05) is 36.0 Å². The fraction of sp³-hybridized carbons (Fsp3) is 0.250. The van der Waals surface area contributed by atoms with Crippen LogP contribution in [0.1, 0.15) is 0 Å². The van der Waals surface area contributed by atoms with Crippen LogP contribution in [0.3, 0.4) is 0 Å². The number of nitrogens with zero attached hydrogens (tertiary/aromatic N) is 6. The van der Waals surface area contributed by atoms with Crippen LogP contribution in [0.15, 0.2) is 47.5 Å². The quantitative estimate of drug-likeness (QED) is 0.690. The lowest BCUT2D eigenvalue weighted by Crippen LogP contribution is -2.47. The Balaban J connectivity index is 1.51. The average molecular weight is 371 g/mol. The molecular formula is C16H15BrN6. The summed E-state index contributed by atoms with van der Waals surface area (Å²) in [5.74, 6) is 1.91. The normalized spacial score (nSPS) is 15.2. The summed E-state index contributed by atoms with van der Waals surface area (Å²) in [6.45, 7) is 3.63. The van der Waals surface area contributed by atoms with E-state index in [1.807, 2.05) is 12.3 Å². The maximum atomic E-state index is 4.69. The number of fused-ring (bicyclic) bond motifs is 1. The predicted molar refractivity (Wildman–Crippen MR) is 93.7 cm³/mol. The summed E-state index contributed by atoms with van der Waals surface area (Å²) in [4.78, 5) is 22.1. The Hall–Kier alpha value is -2.28. The maximum absolute atomic E-state index is 4.69. The maximum Gasteiger partial charge on any atom is 0.161 e. The second kappa shape index (κ2) is 6.08. The standard InChI is InChI=1S/C16H15BrN6/c17-13-9-12-1-2-14(21-16(12)20-10-13)22-5-7-23(8-6-22)15-11-18-3-4-19-15/h1-4,9-11H,5-8H2. The van der Waals surface area contributed by atoms with E-state index in [0.717, 1.165) is 53.3 Å². The lowest BCUT2D eigenvalue weighted by atomic mass is 10.2. The molecule has 1 fully saturated rings. The smallest absolute Gasteiger partial charge is 0.161 e. The molecule has 6 nitrogen and oxygen atoms in total. The zero-order valence-corrected chi connectivity index (χ0v) is 14.0. The molecule has 3 aromatic rings. The zero-order valence-electron chi connectivity index (χ0n) is 12.4. The van der Waals surface area contributed by atoms with Crippen molar-refractivity contribution in [3.63, 3.8) is 0 Å². The first-order chi connectivity index (χ1) is 11.3. The lowest BCUT2D eigenvalue weighted by molar-refractivity contribution is 0.641. The van der Waals surface area contributed by atoms with Gasteiger partial charge in [0, 0.05) is 54.6 Å². The Morgan fingerprint density at radius 1 is 0.870 bits per heavy atom. The molecule has 23 heavy (non-hydrogen) atoms. The Labute approximate surface area is 142 Å². The van der Waals surface area contributed by atoms with Gasteiger partial charge in [0.05, 0.1) is 6.20 Å². The SMILES string of the molecule is Brc1cnc2nc(N3CCN(c4cnccn4)CC3)ccc2c1. The molecule has 0 radical (unpaired) electrons. The summed E-state index contributed by atoms with van der Waals surface area (Å²) in [5, 5.41) is 1.04. The molecule has 0 N–H and O–H groups in total. The Morgan fingerprint density at radius 2 is 1.65 bits per heavy atom. The molecule has 7 heteroatoms. The number of piperazine rings is 1. The average Bonchev–Trinajstić information content (AvgIpc) is 2.62. The molecule has 1 saturated heterocycles. The molecule has 0 aliphatic carbocycles. The highest BCUT2D eigenvalue weighted by molar-refractivity contribution is 9.10. The van der Waals surface area contributed by atoms with Crippen LogP contribution in [0.2, 0.25) is 0 Å². The second-order valence-electron chi connectivity index (χ2n) is 5.41. The number of hydrogen-bond donors (Lipinski definition) is 0. The van der Waals surface area contributed by atoms with Crippen molar-refractivity contribution in [2.45, 2.75) is 0 Å². The Morgan fingerprint density at radius 3 is 2.39 bits per heavy atom. The van der Waals surface area contributed by atoms with Crippen LogP contribution in [0.4, 0.5) is 11.6 Å². The van der Waals surface area contributed by atoms with E-state index in [-0.39, 0.29) is 0 Å². The largest absolute Gasteiger partial charge is 0.353 e. The second-order valence-corrected chi connectivity index (χ2v) is 6.32. The molecule has 0 atom stereocenters. The van der Waals surface area contributed by atoms with Crippen molar-refractivity contribution in [3.8, 4) is 0 Å². The van der Waals surface area contributed by atoms with Gasteiger partial charge >= 0.3 is 0 Å². The van der Waals surface area contributed by atoms with Crippen LogP contribution in [0.25, 0.3) is 11.0 Å². The Kier molecular flexibility index (Phi) is 3.78. The summed E-state index contributed by atoms with van der Waals surface area (Å²) in [6, 6.07) is 6.17. The van der Waals surface area contributed by atoms with Crippen molar-refractivity contribution in [1.82, 2.24) is 19.9 Å². The molecule has 1 aliphatic rings. The van der Waals surface area contributed by atoms with Crippen LogP contribution in [-0.4, -0.2) is 46.1 Å². The fourth-order valence-corrected chi connectivity index (χ4v) is 3.12. The van der Waals surface area contributed by atoms with E-state index in [2.05, 4.69) is 57.8 Å². The highest BCUT2D eigenvalue weighted by Crippen LogP contribution is 2.21.